The molecule has 0 aliphatic rings. The minimum Gasteiger partial charge on any atom is -0.456 e. The van der Waals surface area contributed by atoms with Gasteiger partial charge in [-0.25, -0.2) is 13.4 Å². The molecule has 11 nitrogen and oxygen atoms in total. The van der Waals surface area contributed by atoms with Crippen LogP contribution in [0.4, 0.5) is 16.5 Å². The summed E-state index contributed by atoms with van der Waals surface area (Å²) < 4.78 is 34.1. The molecular weight excluding hydrogens is 484 g/mol. The number of rotatable bonds is 8. The van der Waals surface area contributed by atoms with E-state index in [1.54, 1.807) is 17.5 Å². The highest BCUT2D eigenvalue weighted by Gasteiger charge is 2.22. The summed E-state index contributed by atoms with van der Waals surface area (Å²) in [5.74, 6) is 0.231. The summed E-state index contributed by atoms with van der Waals surface area (Å²) in [5, 5.41) is 23.4. The summed E-state index contributed by atoms with van der Waals surface area (Å²) in [6, 6.07) is 17.0. The maximum atomic E-state index is 13.0. The largest absolute Gasteiger partial charge is 0.456 e. The van der Waals surface area contributed by atoms with Gasteiger partial charge < -0.3 is 4.74 Å². The lowest BCUT2D eigenvalue weighted by Crippen LogP contribution is -2.13. The molecule has 13 heteroatoms. The van der Waals surface area contributed by atoms with Crippen LogP contribution >= 0.6 is 11.3 Å². The number of aromatic nitrogens is 1. The second-order valence-corrected chi connectivity index (χ2v) is 9.26. The zero-order valence-electron chi connectivity index (χ0n) is 17.0. The number of ether oxygens (including phenoxy) is 1. The molecule has 1 aromatic heterocycles. The molecule has 0 atom stereocenters. The predicted molar refractivity (Wildman–Crippen MR) is 125 cm³/mol. The van der Waals surface area contributed by atoms with Gasteiger partial charge in [-0.05, 0) is 24.3 Å². The van der Waals surface area contributed by atoms with Crippen molar-refractivity contribution in [1.82, 2.24) is 4.98 Å². The van der Waals surface area contributed by atoms with Crippen LogP contribution in [-0.4, -0.2) is 23.2 Å². The molecule has 1 N–H and O–H groups in total. The fourth-order valence-electron chi connectivity index (χ4n) is 2.92. The fraction of sp³-hybridized carbons (Fsp3) is 0. The Morgan fingerprint density at radius 2 is 1.59 bits per heavy atom. The van der Waals surface area contributed by atoms with Gasteiger partial charge in [0.1, 0.15) is 16.4 Å². The molecule has 172 valence electrons. The van der Waals surface area contributed by atoms with Crippen molar-refractivity contribution in [3.63, 3.8) is 0 Å². The molecule has 0 saturated heterocycles. The van der Waals surface area contributed by atoms with Gasteiger partial charge in [-0.3, -0.25) is 25.0 Å². The molecule has 1 heterocycles. The summed E-state index contributed by atoms with van der Waals surface area (Å²) >= 11 is 1.02. The number of nitro groups is 2. The van der Waals surface area contributed by atoms with E-state index in [0.29, 0.717) is 11.3 Å². The lowest BCUT2D eigenvalue weighted by molar-refractivity contribution is -0.385. The summed E-state index contributed by atoms with van der Waals surface area (Å²) in [4.78, 5) is 24.8. The van der Waals surface area contributed by atoms with Crippen LogP contribution in [0.25, 0.3) is 11.3 Å². The Kier molecular flexibility index (Phi) is 6.21. The molecule has 0 radical (unpaired) electrons. The minimum atomic E-state index is -4.12. The van der Waals surface area contributed by atoms with Crippen molar-refractivity contribution in [2.75, 3.05) is 4.72 Å². The minimum absolute atomic E-state index is 0.0133. The van der Waals surface area contributed by atoms with Crippen molar-refractivity contribution >= 4 is 37.9 Å². The Labute approximate surface area is 196 Å². The van der Waals surface area contributed by atoms with Crippen LogP contribution in [0.5, 0.6) is 11.5 Å². The molecule has 0 aliphatic carbocycles. The van der Waals surface area contributed by atoms with E-state index in [-0.39, 0.29) is 32.9 Å². The van der Waals surface area contributed by atoms with Crippen molar-refractivity contribution in [1.29, 1.82) is 0 Å². The maximum absolute atomic E-state index is 13.0. The second kappa shape index (κ2) is 9.25. The van der Waals surface area contributed by atoms with Gasteiger partial charge in [-0.2, -0.15) is 0 Å². The first-order valence-corrected chi connectivity index (χ1v) is 11.8. The van der Waals surface area contributed by atoms with Crippen molar-refractivity contribution < 1.29 is 23.0 Å². The highest BCUT2D eigenvalue weighted by Crippen LogP contribution is 2.33. The van der Waals surface area contributed by atoms with Crippen LogP contribution in [0.1, 0.15) is 0 Å². The average molecular weight is 498 g/mol. The van der Waals surface area contributed by atoms with Gasteiger partial charge in [-0.15, -0.1) is 11.3 Å². The zero-order valence-corrected chi connectivity index (χ0v) is 18.7. The Balaban J connectivity index is 1.57. The summed E-state index contributed by atoms with van der Waals surface area (Å²) in [5.41, 5.74) is 0.614. The third-order valence-electron chi connectivity index (χ3n) is 4.49. The van der Waals surface area contributed by atoms with E-state index >= 15 is 0 Å². The molecule has 4 aromatic rings. The smallest absolute Gasteiger partial charge is 0.270 e. The van der Waals surface area contributed by atoms with E-state index in [1.807, 2.05) is 0 Å². The van der Waals surface area contributed by atoms with E-state index in [9.17, 15) is 28.6 Å². The Bertz CT molecular complexity index is 1490. The lowest BCUT2D eigenvalue weighted by Gasteiger charge is -2.12. The molecule has 4 rings (SSSR count). The van der Waals surface area contributed by atoms with E-state index in [0.717, 1.165) is 11.3 Å². The van der Waals surface area contributed by atoms with Gasteiger partial charge in [0.15, 0.2) is 5.13 Å². The van der Waals surface area contributed by atoms with E-state index in [2.05, 4.69) is 9.71 Å². The third kappa shape index (κ3) is 5.00. The second-order valence-electron chi connectivity index (χ2n) is 6.75. The maximum Gasteiger partial charge on any atom is 0.270 e. The third-order valence-corrected chi connectivity index (χ3v) is 6.76. The number of nitrogens with one attached hydrogen (secondary N) is 1. The number of anilines is 1. The highest BCUT2D eigenvalue weighted by molar-refractivity contribution is 7.93. The number of non-ortho nitro benzene ring substituents is 2. The number of hydrogen-bond donors (Lipinski definition) is 1. The monoisotopic (exact) mass is 498 g/mol. The zero-order chi connectivity index (χ0) is 24.3. The molecule has 0 aliphatic heterocycles. The van der Waals surface area contributed by atoms with Gasteiger partial charge in [0.2, 0.25) is 0 Å². The number of sulfonamides is 1. The summed E-state index contributed by atoms with van der Waals surface area (Å²) in [6.45, 7) is 0. The van der Waals surface area contributed by atoms with Crippen LogP contribution in [0.2, 0.25) is 0 Å². The van der Waals surface area contributed by atoms with Crippen LogP contribution < -0.4 is 9.46 Å². The normalized spacial score (nSPS) is 11.1. The van der Waals surface area contributed by atoms with Gasteiger partial charge in [0.25, 0.3) is 21.4 Å². The Morgan fingerprint density at radius 3 is 2.29 bits per heavy atom. The first-order chi connectivity index (χ1) is 16.2. The van der Waals surface area contributed by atoms with Crippen molar-refractivity contribution in [2.45, 2.75) is 4.90 Å². The molecule has 0 spiro atoms. The Hall–Kier alpha value is -4.36. The van der Waals surface area contributed by atoms with Crippen LogP contribution in [-0.2, 0) is 10.0 Å². The lowest BCUT2D eigenvalue weighted by atomic mass is 10.1. The van der Waals surface area contributed by atoms with Gasteiger partial charge >= 0.3 is 0 Å². The van der Waals surface area contributed by atoms with Gasteiger partial charge in [0.05, 0.1) is 15.5 Å². The number of thiazole rings is 1. The molecule has 0 fully saturated rings. The molecule has 0 saturated carbocycles. The SMILES string of the molecule is O=[N+]([O-])c1ccc(Oc2ccccc2S(=O)(=O)Nc2nc(-c3cccc([N+](=O)[O-])c3)cs2)cc1. The Morgan fingerprint density at radius 1 is 0.882 bits per heavy atom. The molecule has 0 amide bonds. The van der Waals surface area contributed by atoms with Crippen LogP contribution in [0.3, 0.4) is 0 Å². The highest BCUT2D eigenvalue weighted by atomic mass is 32.2. The molecule has 34 heavy (non-hydrogen) atoms. The number of hydrogen-bond acceptors (Lipinski definition) is 9. The first-order valence-electron chi connectivity index (χ1n) is 9.47. The van der Waals surface area contributed by atoms with Crippen molar-refractivity contribution in [3.8, 4) is 22.8 Å². The summed E-state index contributed by atoms with van der Waals surface area (Å²) in [6.07, 6.45) is 0. The van der Waals surface area contributed by atoms with Crippen molar-refractivity contribution in [2.24, 2.45) is 0 Å². The van der Waals surface area contributed by atoms with Crippen molar-refractivity contribution in [3.05, 3.63) is 98.4 Å². The van der Waals surface area contributed by atoms with Gasteiger partial charge in [0, 0.05) is 35.2 Å². The molecule has 3 aromatic carbocycles. The average Bonchev–Trinajstić information content (AvgIpc) is 3.27. The van der Waals surface area contributed by atoms with E-state index in [4.69, 9.17) is 4.74 Å². The number of nitro benzene ring substituents is 2. The predicted octanol–water partition coefficient (Wildman–Crippen LogP) is 5.22. The first kappa shape index (κ1) is 22.8. The van der Waals surface area contributed by atoms with E-state index in [1.165, 1.54) is 60.7 Å². The number of nitrogens with zero attached hydrogens (tertiary/aromatic N) is 3. The number of para-hydroxylation sites is 1. The summed E-state index contributed by atoms with van der Waals surface area (Å²) in [7, 11) is -4.12. The van der Waals surface area contributed by atoms with Crippen LogP contribution in [0.15, 0.2) is 83.1 Å². The topological polar surface area (TPSA) is 155 Å². The molecular formula is C21H14N4O7S2. The number of benzene rings is 3. The van der Waals surface area contributed by atoms with Crippen LogP contribution in [0, 0.1) is 20.2 Å². The van der Waals surface area contributed by atoms with E-state index < -0.39 is 19.9 Å². The van der Waals surface area contributed by atoms with Gasteiger partial charge in [-0.1, -0.05) is 24.3 Å². The molecule has 0 unspecified atom stereocenters. The quantitative estimate of drug-likeness (QED) is 0.256. The molecule has 0 bridgehead atoms. The standard InChI is InChI=1S/C21H14N4O7S2/c26-24(27)15-8-10-17(11-9-15)32-19-6-1-2-7-20(19)34(30,31)23-21-22-18(13-33-21)14-4-3-5-16(12-14)25(28)29/h1-13H,(H,22,23). The fourth-order valence-corrected chi connectivity index (χ4v) is 5.02.